The third-order valence-electron chi connectivity index (χ3n) is 2.21. The van der Waals surface area contributed by atoms with E-state index < -0.39 is 5.97 Å². The zero-order valence-electron chi connectivity index (χ0n) is 8.66. The summed E-state index contributed by atoms with van der Waals surface area (Å²) in [6.07, 6.45) is 4.20. The van der Waals surface area contributed by atoms with Gasteiger partial charge in [-0.3, -0.25) is 4.79 Å². The van der Waals surface area contributed by atoms with Crippen LogP contribution in [0.4, 0.5) is 0 Å². The molecule has 82 valence electrons. The van der Waals surface area contributed by atoms with Gasteiger partial charge in [-0.1, -0.05) is 6.92 Å². The average molecular weight is 217 g/mol. The average Bonchev–Trinajstić information content (AvgIpc) is 2.93. The van der Waals surface area contributed by atoms with Crippen LogP contribution in [0.3, 0.4) is 0 Å². The molecular weight excluding hydrogens is 198 g/mol. The lowest BCUT2D eigenvalue weighted by Gasteiger charge is -2.13. The predicted molar refractivity (Wildman–Crippen MR) is 59.8 cm³/mol. The molecule has 0 aromatic heterocycles. The Morgan fingerprint density at radius 1 is 1.57 bits per heavy atom. The molecule has 1 atom stereocenters. The van der Waals surface area contributed by atoms with Crippen LogP contribution < -0.4 is 5.32 Å². The quantitative estimate of drug-likeness (QED) is 0.608. The molecule has 0 amide bonds. The van der Waals surface area contributed by atoms with Crippen molar-refractivity contribution >= 4 is 17.7 Å². The van der Waals surface area contributed by atoms with Gasteiger partial charge in [0.1, 0.15) is 6.04 Å². The van der Waals surface area contributed by atoms with Gasteiger partial charge in [0.15, 0.2) is 0 Å². The van der Waals surface area contributed by atoms with Gasteiger partial charge < -0.3 is 10.4 Å². The molecule has 3 nitrogen and oxygen atoms in total. The molecule has 14 heavy (non-hydrogen) atoms. The van der Waals surface area contributed by atoms with E-state index in [0.717, 1.165) is 30.8 Å². The van der Waals surface area contributed by atoms with E-state index in [1.165, 1.54) is 6.42 Å². The lowest BCUT2D eigenvalue weighted by atomic mass is 10.2. The highest BCUT2D eigenvalue weighted by atomic mass is 32.2. The molecule has 0 aliphatic heterocycles. The van der Waals surface area contributed by atoms with Crippen LogP contribution in [0.2, 0.25) is 0 Å². The Bertz CT molecular complexity index is 183. The Kier molecular flexibility index (Phi) is 5.33. The van der Waals surface area contributed by atoms with E-state index in [1.54, 1.807) is 0 Å². The van der Waals surface area contributed by atoms with Crippen LogP contribution in [0.1, 0.15) is 32.6 Å². The molecule has 1 aliphatic rings. The van der Waals surface area contributed by atoms with Crippen molar-refractivity contribution in [3.8, 4) is 0 Å². The highest BCUT2D eigenvalue weighted by Crippen LogP contribution is 2.20. The first kappa shape index (κ1) is 11.9. The van der Waals surface area contributed by atoms with Gasteiger partial charge in [0.05, 0.1) is 0 Å². The second-order valence-electron chi connectivity index (χ2n) is 3.73. The van der Waals surface area contributed by atoms with Crippen molar-refractivity contribution in [3.63, 3.8) is 0 Å². The maximum absolute atomic E-state index is 10.9. The van der Waals surface area contributed by atoms with Crippen LogP contribution in [0.5, 0.6) is 0 Å². The number of hydrogen-bond donors (Lipinski definition) is 2. The van der Waals surface area contributed by atoms with Crippen molar-refractivity contribution in [3.05, 3.63) is 0 Å². The van der Waals surface area contributed by atoms with Gasteiger partial charge in [-0.05, 0) is 37.2 Å². The van der Waals surface area contributed by atoms with E-state index in [1.807, 2.05) is 11.8 Å². The second-order valence-corrected chi connectivity index (χ2v) is 4.96. The first-order chi connectivity index (χ1) is 6.74. The van der Waals surface area contributed by atoms with Crippen molar-refractivity contribution in [1.82, 2.24) is 5.32 Å². The third kappa shape index (κ3) is 4.86. The number of rotatable bonds is 8. The fourth-order valence-corrected chi connectivity index (χ4v) is 2.16. The van der Waals surface area contributed by atoms with Crippen LogP contribution in [-0.4, -0.2) is 34.7 Å². The minimum absolute atomic E-state index is 0.327. The number of carboxylic acid groups (broad SMARTS) is 1. The number of aliphatic carboxylic acids is 1. The van der Waals surface area contributed by atoms with E-state index in [-0.39, 0.29) is 6.04 Å². The van der Waals surface area contributed by atoms with Crippen molar-refractivity contribution in [1.29, 1.82) is 0 Å². The van der Waals surface area contributed by atoms with E-state index in [9.17, 15) is 4.79 Å². The normalized spacial score (nSPS) is 18.1. The zero-order valence-corrected chi connectivity index (χ0v) is 9.48. The first-order valence-corrected chi connectivity index (χ1v) is 6.46. The molecule has 1 rings (SSSR count). The number of hydrogen-bond acceptors (Lipinski definition) is 3. The zero-order chi connectivity index (χ0) is 10.4. The van der Waals surface area contributed by atoms with Gasteiger partial charge >= 0.3 is 5.97 Å². The standard InChI is InChI=1S/C10H19NO2S/c1-2-6-14-7-5-9(10(12)13)11-8-3-4-8/h8-9,11H,2-7H2,1H3,(H,12,13). The van der Waals surface area contributed by atoms with Crippen LogP contribution >= 0.6 is 11.8 Å². The maximum atomic E-state index is 10.9. The molecule has 1 aliphatic carbocycles. The molecule has 0 aromatic carbocycles. The largest absolute Gasteiger partial charge is 0.480 e. The Morgan fingerprint density at radius 2 is 2.29 bits per heavy atom. The fourth-order valence-electron chi connectivity index (χ4n) is 1.26. The number of carboxylic acids is 1. The summed E-state index contributed by atoms with van der Waals surface area (Å²) in [5, 5.41) is 12.1. The lowest BCUT2D eigenvalue weighted by Crippen LogP contribution is -2.38. The summed E-state index contributed by atoms with van der Waals surface area (Å²) in [4.78, 5) is 10.9. The monoisotopic (exact) mass is 217 g/mol. The van der Waals surface area contributed by atoms with Gasteiger partial charge in [-0.25, -0.2) is 0 Å². The summed E-state index contributed by atoms with van der Waals surface area (Å²) in [5.41, 5.74) is 0. The molecular formula is C10H19NO2S. The van der Waals surface area contributed by atoms with Crippen molar-refractivity contribution in [2.24, 2.45) is 0 Å². The van der Waals surface area contributed by atoms with Crippen molar-refractivity contribution in [2.45, 2.75) is 44.7 Å². The molecule has 0 heterocycles. The summed E-state index contributed by atoms with van der Waals surface area (Å²) >= 11 is 1.84. The van der Waals surface area contributed by atoms with E-state index in [0.29, 0.717) is 6.04 Å². The maximum Gasteiger partial charge on any atom is 0.320 e. The smallest absolute Gasteiger partial charge is 0.320 e. The molecule has 1 saturated carbocycles. The van der Waals surface area contributed by atoms with Crippen LogP contribution in [-0.2, 0) is 4.79 Å². The Hall–Kier alpha value is -0.220. The lowest BCUT2D eigenvalue weighted by molar-refractivity contribution is -0.139. The van der Waals surface area contributed by atoms with Gasteiger partial charge in [-0.15, -0.1) is 0 Å². The van der Waals surface area contributed by atoms with E-state index >= 15 is 0 Å². The van der Waals surface area contributed by atoms with Crippen LogP contribution in [0.15, 0.2) is 0 Å². The number of thioether (sulfide) groups is 1. The third-order valence-corrected chi connectivity index (χ3v) is 3.43. The van der Waals surface area contributed by atoms with Gasteiger partial charge in [0.2, 0.25) is 0 Å². The minimum atomic E-state index is -0.700. The summed E-state index contributed by atoms with van der Waals surface area (Å²) in [6, 6.07) is 0.152. The SMILES string of the molecule is CCCSCCC(NC1CC1)C(=O)O. The molecule has 4 heteroatoms. The number of carbonyl (C=O) groups is 1. The van der Waals surface area contributed by atoms with Crippen LogP contribution in [0.25, 0.3) is 0 Å². The van der Waals surface area contributed by atoms with Crippen LogP contribution in [0, 0.1) is 0 Å². The van der Waals surface area contributed by atoms with Gasteiger partial charge in [0.25, 0.3) is 0 Å². The Labute approximate surface area is 89.6 Å². The van der Waals surface area contributed by atoms with Crippen molar-refractivity contribution < 1.29 is 9.90 Å². The summed E-state index contributed by atoms with van der Waals surface area (Å²) in [7, 11) is 0. The number of nitrogens with one attached hydrogen (secondary N) is 1. The van der Waals surface area contributed by atoms with Crippen molar-refractivity contribution in [2.75, 3.05) is 11.5 Å². The molecule has 0 bridgehead atoms. The summed E-state index contributed by atoms with van der Waals surface area (Å²) in [5.74, 6) is 1.38. The molecule has 2 N–H and O–H groups in total. The second kappa shape index (κ2) is 6.30. The Morgan fingerprint density at radius 3 is 2.79 bits per heavy atom. The van der Waals surface area contributed by atoms with E-state index in [2.05, 4.69) is 12.2 Å². The molecule has 0 radical (unpaired) electrons. The predicted octanol–water partition coefficient (Wildman–Crippen LogP) is 1.72. The minimum Gasteiger partial charge on any atom is -0.480 e. The van der Waals surface area contributed by atoms with Gasteiger partial charge in [0, 0.05) is 6.04 Å². The molecule has 0 aromatic rings. The topological polar surface area (TPSA) is 49.3 Å². The molecule has 0 spiro atoms. The highest BCUT2D eigenvalue weighted by molar-refractivity contribution is 7.99. The molecule has 1 unspecified atom stereocenters. The van der Waals surface area contributed by atoms with Gasteiger partial charge in [-0.2, -0.15) is 11.8 Å². The summed E-state index contributed by atoms with van der Waals surface area (Å²) in [6.45, 7) is 2.14. The Balaban J connectivity index is 2.10. The molecule has 1 fully saturated rings. The summed E-state index contributed by atoms with van der Waals surface area (Å²) < 4.78 is 0. The molecule has 0 saturated heterocycles. The fraction of sp³-hybridized carbons (Fsp3) is 0.900. The first-order valence-electron chi connectivity index (χ1n) is 5.30. The van der Waals surface area contributed by atoms with E-state index in [4.69, 9.17) is 5.11 Å². The highest BCUT2D eigenvalue weighted by Gasteiger charge is 2.27.